The molecule has 0 aliphatic heterocycles. The summed E-state index contributed by atoms with van der Waals surface area (Å²) in [6.07, 6.45) is 4.07. The molecule has 0 saturated heterocycles. The maximum absolute atomic E-state index is 13.9. The van der Waals surface area contributed by atoms with Crippen LogP contribution in [0.1, 0.15) is 24.5 Å². The highest BCUT2D eigenvalue weighted by Gasteiger charge is 2.23. The fraction of sp³-hybridized carbons (Fsp3) is 0.200. The minimum Gasteiger partial charge on any atom is -0.494 e. The smallest absolute Gasteiger partial charge is 0.303 e. The molecular formula is C25H23FN2O5S. The quantitative estimate of drug-likeness (QED) is 0.387. The number of carboxylic acid groups (broad SMARTS) is 1. The zero-order valence-corrected chi connectivity index (χ0v) is 19.5. The van der Waals surface area contributed by atoms with Crippen molar-refractivity contribution in [3.63, 3.8) is 0 Å². The van der Waals surface area contributed by atoms with Gasteiger partial charge in [0.15, 0.2) is 0 Å². The molecule has 0 atom stereocenters. The molecule has 4 aromatic rings. The minimum atomic E-state index is -4.10. The van der Waals surface area contributed by atoms with Gasteiger partial charge < -0.3 is 9.84 Å². The number of hydrogen-bond donors (Lipinski definition) is 1. The Morgan fingerprint density at radius 1 is 1.15 bits per heavy atom. The number of ether oxygens (including phenoxy) is 1. The molecule has 1 N–H and O–H groups in total. The van der Waals surface area contributed by atoms with Crippen LogP contribution in [0.15, 0.2) is 66.0 Å². The molecule has 2 aromatic carbocycles. The average molecular weight is 483 g/mol. The van der Waals surface area contributed by atoms with Gasteiger partial charge in [0.25, 0.3) is 10.0 Å². The van der Waals surface area contributed by atoms with E-state index in [0.29, 0.717) is 23.1 Å². The highest BCUT2D eigenvalue weighted by Crippen LogP contribution is 2.31. The molecule has 0 bridgehead atoms. The second-order valence-electron chi connectivity index (χ2n) is 7.83. The monoisotopic (exact) mass is 482 g/mol. The number of nitrogens with zero attached hydrogens (tertiary/aromatic N) is 2. The Hall–Kier alpha value is -3.72. The molecule has 2 heterocycles. The van der Waals surface area contributed by atoms with Crippen molar-refractivity contribution in [2.45, 2.75) is 31.6 Å². The Balaban J connectivity index is 1.80. The van der Waals surface area contributed by atoms with Crippen LogP contribution in [0, 0.1) is 12.7 Å². The lowest BCUT2D eigenvalue weighted by Crippen LogP contribution is -2.12. The van der Waals surface area contributed by atoms with Crippen LogP contribution < -0.4 is 4.74 Å². The second kappa shape index (κ2) is 9.26. The maximum Gasteiger partial charge on any atom is 0.303 e. The molecule has 4 rings (SSSR count). The van der Waals surface area contributed by atoms with Crippen LogP contribution >= 0.6 is 0 Å². The number of halogens is 1. The van der Waals surface area contributed by atoms with Crippen LogP contribution in [0.25, 0.3) is 22.0 Å². The number of carbonyl (C=O) groups is 1. The first-order valence-electron chi connectivity index (χ1n) is 10.7. The Morgan fingerprint density at radius 3 is 2.65 bits per heavy atom. The Morgan fingerprint density at radius 2 is 1.94 bits per heavy atom. The molecule has 0 spiro atoms. The highest BCUT2D eigenvalue weighted by atomic mass is 32.2. The standard InChI is InChI=1S/C25H23FN2O5S/c1-3-33-20-6-7-22(16(2)10-20)18-11-21(14-27-13-18)34(31,32)28-15-17(4-9-25(29)30)23-12-19(26)5-8-24(23)28/h5-8,10-15H,3-4,9H2,1-2H3,(H,29,30). The highest BCUT2D eigenvalue weighted by molar-refractivity contribution is 7.90. The molecule has 0 fully saturated rings. The molecular weight excluding hydrogens is 459 g/mol. The third-order valence-corrected chi connectivity index (χ3v) is 7.15. The summed E-state index contributed by atoms with van der Waals surface area (Å²) in [5.74, 6) is -0.836. The van der Waals surface area contributed by atoms with Crippen LogP contribution in [0.4, 0.5) is 4.39 Å². The lowest BCUT2D eigenvalue weighted by molar-refractivity contribution is -0.136. The molecule has 0 aliphatic carbocycles. The van der Waals surface area contributed by atoms with Gasteiger partial charge in [-0.3, -0.25) is 9.78 Å². The number of rotatable bonds is 8. The fourth-order valence-electron chi connectivity index (χ4n) is 3.92. The fourth-order valence-corrected chi connectivity index (χ4v) is 5.30. The van der Waals surface area contributed by atoms with E-state index in [2.05, 4.69) is 4.98 Å². The maximum atomic E-state index is 13.9. The third kappa shape index (κ3) is 4.51. The van der Waals surface area contributed by atoms with Crippen LogP contribution in [0.2, 0.25) is 0 Å². The van der Waals surface area contributed by atoms with Crippen molar-refractivity contribution in [1.82, 2.24) is 8.96 Å². The van der Waals surface area contributed by atoms with Gasteiger partial charge in [0.1, 0.15) is 16.5 Å². The van der Waals surface area contributed by atoms with Gasteiger partial charge >= 0.3 is 5.97 Å². The molecule has 176 valence electrons. The topological polar surface area (TPSA) is 98.5 Å². The predicted octanol–water partition coefficient (Wildman–Crippen LogP) is 4.80. The van der Waals surface area contributed by atoms with Gasteiger partial charge in [-0.25, -0.2) is 16.8 Å². The van der Waals surface area contributed by atoms with Gasteiger partial charge in [0, 0.05) is 36.0 Å². The summed E-state index contributed by atoms with van der Waals surface area (Å²) in [5.41, 5.74) is 3.04. The first-order valence-corrected chi connectivity index (χ1v) is 12.1. The van der Waals surface area contributed by atoms with Crippen molar-refractivity contribution in [1.29, 1.82) is 0 Å². The van der Waals surface area contributed by atoms with Gasteiger partial charge in [0.2, 0.25) is 0 Å². The largest absolute Gasteiger partial charge is 0.494 e. The Labute approximate surface area is 196 Å². The van der Waals surface area contributed by atoms with Crippen molar-refractivity contribution < 1.29 is 27.4 Å². The van der Waals surface area contributed by atoms with Crippen LogP contribution in [-0.4, -0.2) is 35.1 Å². The summed E-state index contributed by atoms with van der Waals surface area (Å²) in [6.45, 7) is 4.34. The van der Waals surface area contributed by atoms with E-state index in [9.17, 15) is 17.6 Å². The van der Waals surface area contributed by atoms with E-state index in [-0.39, 0.29) is 23.3 Å². The molecule has 0 amide bonds. The van der Waals surface area contributed by atoms with Crippen molar-refractivity contribution in [2.75, 3.05) is 6.61 Å². The second-order valence-corrected chi connectivity index (χ2v) is 9.64. The number of pyridine rings is 1. The van der Waals surface area contributed by atoms with Crippen molar-refractivity contribution in [3.05, 3.63) is 78.0 Å². The number of aryl methyl sites for hydroxylation is 2. The van der Waals surface area contributed by atoms with Gasteiger partial charge in [0.05, 0.1) is 12.1 Å². The number of benzene rings is 2. The summed E-state index contributed by atoms with van der Waals surface area (Å²) in [6, 6.07) is 10.9. The molecule has 0 saturated carbocycles. The van der Waals surface area contributed by atoms with Gasteiger partial charge in [-0.15, -0.1) is 0 Å². The average Bonchev–Trinajstić information content (AvgIpc) is 3.16. The Bertz CT molecular complexity index is 1490. The first kappa shape index (κ1) is 23.4. The molecule has 9 heteroatoms. The summed E-state index contributed by atoms with van der Waals surface area (Å²) < 4.78 is 47.7. The van der Waals surface area contributed by atoms with E-state index < -0.39 is 21.8 Å². The summed E-state index contributed by atoms with van der Waals surface area (Å²) in [7, 11) is -4.10. The summed E-state index contributed by atoms with van der Waals surface area (Å²) >= 11 is 0. The molecule has 7 nitrogen and oxygen atoms in total. The summed E-state index contributed by atoms with van der Waals surface area (Å²) in [5, 5.41) is 9.40. The Kier molecular flexibility index (Phi) is 6.39. The number of fused-ring (bicyclic) bond motifs is 1. The first-order chi connectivity index (χ1) is 16.2. The van der Waals surface area contributed by atoms with Crippen LogP contribution in [0.5, 0.6) is 5.75 Å². The summed E-state index contributed by atoms with van der Waals surface area (Å²) in [4.78, 5) is 15.2. The van der Waals surface area contributed by atoms with E-state index in [1.54, 1.807) is 6.20 Å². The van der Waals surface area contributed by atoms with E-state index in [1.807, 2.05) is 32.0 Å². The van der Waals surface area contributed by atoms with Crippen molar-refractivity contribution >= 4 is 26.9 Å². The van der Waals surface area contributed by atoms with Gasteiger partial charge in [-0.1, -0.05) is 6.07 Å². The zero-order valence-electron chi connectivity index (χ0n) is 18.7. The van der Waals surface area contributed by atoms with Crippen molar-refractivity contribution in [2.24, 2.45) is 0 Å². The van der Waals surface area contributed by atoms with E-state index in [4.69, 9.17) is 9.84 Å². The molecule has 0 radical (unpaired) electrons. The zero-order chi connectivity index (χ0) is 24.5. The molecule has 0 unspecified atom stereocenters. The molecule has 0 aliphatic rings. The van der Waals surface area contributed by atoms with E-state index in [1.165, 1.54) is 36.7 Å². The van der Waals surface area contributed by atoms with Crippen LogP contribution in [-0.2, 0) is 21.2 Å². The molecule has 34 heavy (non-hydrogen) atoms. The third-order valence-electron chi connectivity index (χ3n) is 5.51. The SMILES string of the molecule is CCOc1ccc(-c2cncc(S(=O)(=O)n3cc(CCC(=O)O)c4cc(F)ccc43)c2)c(C)c1. The minimum absolute atomic E-state index is 0.0377. The lowest BCUT2D eigenvalue weighted by atomic mass is 10.0. The van der Waals surface area contributed by atoms with E-state index >= 15 is 0 Å². The van der Waals surface area contributed by atoms with Gasteiger partial charge in [-0.2, -0.15) is 0 Å². The number of aliphatic carboxylic acids is 1. The van der Waals surface area contributed by atoms with Gasteiger partial charge in [-0.05, 0) is 73.4 Å². The number of carboxylic acids is 1. The van der Waals surface area contributed by atoms with Crippen LogP contribution in [0.3, 0.4) is 0 Å². The predicted molar refractivity (Wildman–Crippen MR) is 126 cm³/mol. The number of aromatic nitrogens is 2. The molecule has 2 aromatic heterocycles. The van der Waals surface area contributed by atoms with Crippen molar-refractivity contribution in [3.8, 4) is 16.9 Å². The van der Waals surface area contributed by atoms with E-state index in [0.717, 1.165) is 20.8 Å². The number of hydrogen-bond acceptors (Lipinski definition) is 5. The normalized spacial score (nSPS) is 11.6. The lowest BCUT2D eigenvalue weighted by Gasteiger charge is -2.11.